The molecule has 6 heteroatoms. The van der Waals surface area contributed by atoms with Crippen LogP contribution in [0.1, 0.15) is 18.9 Å². The fourth-order valence-corrected chi connectivity index (χ4v) is 2.88. The molecule has 114 valence electrons. The summed E-state index contributed by atoms with van der Waals surface area (Å²) >= 11 is 0. The summed E-state index contributed by atoms with van der Waals surface area (Å²) < 4.78 is 5.30. The first-order valence-electron chi connectivity index (χ1n) is 7.70. The molecule has 6 nitrogen and oxygen atoms in total. The lowest BCUT2D eigenvalue weighted by Gasteiger charge is -2.29. The summed E-state index contributed by atoms with van der Waals surface area (Å²) in [7, 11) is 0. The fraction of sp³-hybridized carbons (Fsp3) is 0.667. The van der Waals surface area contributed by atoms with Gasteiger partial charge in [-0.05, 0) is 18.4 Å². The van der Waals surface area contributed by atoms with Crippen molar-refractivity contribution in [3.63, 3.8) is 0 Å². The highest BCUT2D eigenvalue weighted by Gasteiger charge is 2.33. The minimum absolute atomic E-state index is 0.0672. The van der Waals surface area contributed by atoms with Crippen LogP contribution < -0.4 is 4.90 Å². The number of hydrogen-bond acceptors (Lipinski definition) is 5. The third-order valence-corrected chi connectivity index (χ3v) is 4.24. The molecule has 0 aromatic carbocycles. The molecular weight excluding hydrogens is 268 g/mol. The van der Waals surface area contributed by atoms with E-state index < -0.39 is 0 Å². The van der Waals surface area contributed by atoms with Crippen molar-refractivity contribution in [1.29, 1.82) is 0 Å². The first-order chi connectivity index (χ1) is 10.3. The molecule has 0 saturated carbocycles. The third-order valence-electron chi connectivity index (χ3n) is 4.24. The SMILES string of the molecule is CCc1cnc(N2CCC(C(=O)N3CCOCC3)C2)nc1. The number of amides is 1. The highest BCUT2D eigenvalue weighted by molar-refractivity contribution is 5.80. The smallest absolute Gasteiger partial charge is 0.227 e. The second kappa shape index (κ2) is 6.39. The molecule has 1 amide bonds. The number of rotatable bonds is 3. The average molecular weight is 290 g/mol. The van der Waals surface area contributed by atoms with Crippen LogP contribution >= 0.6 is 0 Å². The lowest BCUT2D eigenvalue weighted by molar-refractivity contribution is -0.138. The van der Waals surface area contributed by atoms with E-state index in [1.54, 1.807) is 0 Å². The summed E-state index contributed by atoms with van der Waals surface area (Å²) in [6.07, 6.45) is 5.58. The zero-order valence-electron chi connectivity index (χ0n) is 12.5. The molecule has 1 unspecified atom stereocenters. The van der Waals surface area contributed by atoms with Gasteiger partial charge in [-0.3, -0.25) is 4.79 Å². The maximum Gasteiger partial charge on any atom is 0.227 e. The van der Waals surface area contributed by atoms with Gasteiger partial charge in [0.15, 0.2) is 0 Å². The summed E-state index contributed by atoms with van der Waals surface area (Å²) in [6, 6.07) is 0. The standard InChI is InChI=1S/C15H22N4O2/c1-2-12-9-16-15(17-10-12)19-4-3-13(11-19)14(20)18-5-7-21-8-6-18/h9-10,13H,2-8,11H2,1H3. The largest absolute Gasteiger partial charge is 0.378 e. The van der Waals surface area contributed by atoms with Gasteiger partial charge in [-0.2, -0.15) is 0 Å². The number of ether oxygens (including phenoxy) is 1. The predicted molar refractivity (Wildman–Crippen MR) is 79.1 cm³/mol. The molecule has 0 N–H and O–H groups in total. The molecule has 3 heterocycles. The number of anilines is 1. The van der Waals surface area contributed by atoms with E-state index >= 15 is 0 Å². The molecule has 21 heavy (non-hydrogen) atoms. The van der Waals surface area contributed by atoms with Crippen molar-refractivity contribution in [2.24, 2.45) is 5.92 Å². The van der Waals surface area contributed by atoms with Crippen molar-refractivity contribution in [3.05, 3.63) is 18.0 Å². The number of nitrogens with zero attached hydrogens (tertiary/aromatic N) is 4. The molecule has 1 aromatic rings. The molecule has 0 aliphatic carbocycles. The highest BCUT2D eigenvalue weighted by atomic mass is 16.5. The normalized spacial score (nSPS) is 22.6. The van der Waals surface area contributed by atoms with Gasteiger partial charge in [0.25, 0.3) is 0 Å². The van der Waals surface area contributed by atoms with Crippen LogP contribution in [-0.4, -0.2) is 60.2 Å². The molecular formula is C15H22N4O2. The topological polar surface area (TPSA) is 58.6 Å². The molecule has 2 saturated heterocycles. The van der Waals surface area contributed by atoms with Gasteiger partial charge in [-0.15, -0.1) is 0 Å². The monoisotopic (exact) mass is 290 g/mol. The summed E-state index contributed by atoms with van der Waals surface area (Å²) in [5.74, 6) is 1.06. The van der Waals surface area contributed by atoms with E-state index in [0.29, 0.717) is 13.2 Å². The number of carbonyl (C=O) groups is 1. The van der Waals surface area contributed by atoms with Crippen molar-refractivity contribution < 1.29 is 9.53 Å². The van der Waals surface area contributed by atoms with E-state index in [1.165, 1.54) is 0 Å². The van der Waals surface area contributed by atoms with Gasteiger partial charge >= 0.3 is 0 Å². The number of aryl methyl sites for hydroxylation is 1. The molecule has 0 radical (unpaired) electrons. The van der Waals surface area contributed by atoms with Crippen LogP contribution in [-0.2, 0) is 16.0 Å². The Morgan fingerprint density at radius 2 is 2.00 bits per heavy atom. The summed E-state index contributed by atoms with van der Waals surface area (Å²) in [5, 5.41) is 0. The highest BCUT2D eigenvalue weighted by Crippen LogP contribution is 2.22. The maximum atomic E-state index is 12.5. The molecule has 1 aromatic heterocycles. The minimum atomic E-state index is 0.0672. The Bertz CT molecular complexity index is 485. The second-order valence-corrected chi connectivity index (χ2v) is 5.61. The second-order valence-electron chi connectivity index (χ2n) is 5.61. The van der Waals surface area contributed by atoms with Gasteiger partial charge in [0.2, 0.25) is 11.9 Å². The van der Waals surface area contributed by atoms with E-state index in [2.05, 4.69) is 21.8 Å². The Hall–Kier alpha value is -1.69. The minimum Gasteiger partial charge on any atom is -0.378 e. The number of morpholine rings is 1. The van der Waals surface area contributed by atoms with Gasteiger partial charge in [0.05, 0.1) is 19.1 Å². The Kier molecular flexibility index (Phi) is 4.34. The van der Waals surface area contributed by atoms with Crippen LogP contribution in [0, 0.1) is 5.92 Å². The van der Waals surface area contributed by atoms with Gasteiger partial charge in [-0.1, -0.05) is 6.92 Å². The zero-order chi connectivity index (χ0) is 14.7. The summed E-state index contributed by atoms with van der Waals surface area (Å²) in [6.45, 7) is 6.42. The van der Waals surface area contributed by atoms with Gasteiger partial charge < -0.3 is 14.5 Å². The molecule has 2 aliphatic heterocycles. The Morgan fingerprint density at radius 1 is 1.29 bits per heavy atom. The van der Waals surface area contributed by atoms with E-state index in [4.69, 9.17) is 4.74 Å². The van der Waals surface area contributed by atoms with Crippen LogP contribution in [0.2, 0.25) is 0 Å². The molecule has 0 bridgehead atoms. The van der Waals surface area contributed by atoms with E-state index in [-0.39, 0.29) is 11.8 Å². The number of aromatic nitrogens is 2. The molecule has 3 rings (SSSR count). The van der Waals surface area contributed by atoms with Crippen LogP contribution in [0.5, 0.6) is 0 Å². The number of hydrogen-bond donors (Lipinski definition) is 0. The predicted octanol–water partition coefficient (Wildman–Crippen LogP) is 0.724. The molecule has 2 aliphatic rings. The van der Waals surface area contributed by atoms with Crippen LogP contribution in [0.4, 0.5) is 5.95 Å². The molecule has 2 fully saturated rings. The quantitative estimate of drug-likeness (QED) is 0.821. The van der Waals surface area contributed by atoms with Crippen molar-refractivity contribution >= 4 is 11.9 Å². The van der Waals surface area contributed by atoms with Crippen molar-refractivity contribution in [3.8, 4) is 0 Å². The van der Waals surface area contributed by atoms with Gasteiger partial charge in [0.1, 0.15) is 0 Å². The Labute approximate surface area is 125 Å². The average Bonchev–Trinajstić information content (AvgIpc) is 3.05. The Morgan fingerprint density at radius 3 is 2.67 bits per heavy atom. The first kappa shape index (κ1) is 14.3. The molecule has 0 spiro atoms. The fourth-order valence-electron chi connectivity index (χ4n) is 2.88. The molecule has 1 atom stereocenters. The first-order valence-corrected chi connectivity index (χ1v) is 7.70. The summed E-state index contributed by atoms with van der Waals surface area (Å²) in [5.41, 5.74) is 1.14. The number of carbonyl (C=O) groups excluding carboxylic acids is 1. The van der Waals surface area contributed by atoms with Crippen LogP contribution in [0.15, 0.2) is 12.4 Å². The van der Waals surface area contributed by atoms with Crippen molar-refractivity contribution in [2.75, 3.05) is 44.3 Å². The maximum absolute atomic E-state index is 12.5. The van der Waals surface area contributed by atoms with Crippen molar-refractivity contribution in [2.45, 2.75) is 19.8 Å². The van der Waals surface area contributed by atoms with E-state index in [9.17, 15) is 4.79 Å². The van der Waals surface area contributed by atoms with Gasteiger partial charge in [0, 0.05) is 38.6 Å². The van der Waals surface area contributed by atoms with Crippen LogP contribution in [0.25, 0.3) is 0 Å². The van der Waals surface area contributed by atoms with Crippen molar-refractivity contribution in [1.82, 2.24) is 14.9 Å². The zero-order valence-corrected chi connectivity index (χ0v) is 12.5. The lowest BCUT2D eigenvalue weighted by atomic mass is 10.1. The Balaban J connectivity index is 1.60. The lowest BCUT2D eigenvalue weighted by Crippen LogP contribution is -2.44. The summed E-state index contributed by atoms with van der Waals surface area (Å²) in [4.78, 5) is 25.3. The van der Waals surface area contributed by atoms with Crippen LogP contribution in [0.3, 0.4) is 0 Å². The van der Waals surface area contributed by atoms with Gasteiger partial charge in [-0.25, -0.2) is 9.97 Å². The third kappa shape index (κ3) is 3.15. The van der Waals surface area contributed by atoms with E-state index in [1.807, 2.05) is 17.3 Å². The van der Waals surface area contributed by atoms with E-state index in [0.717, 1.165) is 50.5 Å².